The summed E-state index contributed by atoms with van der Waals surface area (Å²) in [5.74, 6) is -5.47. The lowest BCUT2D eigenvalue weighted by molar-refractivity contribution is -0.142. The van der Waals surface area contributed by atoms with Crippen LogP contribution >= 0.6 is 0 Å². The fraction of sp³-hybridized carbons (Fsp3) is 0.310. The van der Waals surface area contributed by atoms with Crippen LogP contribution in [0.5, 0.6) is 11.5 Å². The summed E-state index contributed by atoms with van der Waals surface area (Å²) in [6.45, 7) is 0.385. The monoisotopic (exact) mass is 543 g/mol. The predicted octanol–water partition coefficient (Wildman–Crippen LogP) is 5.29. The van der Waals surface area contributed by atoms with E-state index in [2.05, 4.69) is 5.32 Å². The molecule has 1 aliphatic carbocycles. The van der Waals surface area contributed by atoms with Gasteiger partial charge in [0.1, 0.15) is 34.7 Å². The minimum absolute atomic E-state index is 0.0617. The quantitative estimate of drug-likeness (QED) is 0.309. The van der Waals surface area contributed by atoms with Crippen molar-refractivity contribution in [2.45, 2.75) is 44.2 Å². The lowest BCUT2D eigenvalue weighted by Crippen LogP contribution is -2.43. The normalized spacial score (nSPS) is 15.1. The smallest absolute Gasteiger partial charge is 0.328 e. The molecule has 1 fully saturated rings. The summed E-state index contributed by atoms with van der Waals surface area (Å²) < 4.78 is 73.4. The summed E-state index contributed by atoms with van der Waals surface area (Å²) >= 11 is 0. The van der Waals surface area contributed by atoms with E-state index in [1.807, 2.05) is 0 Å². The van der Waals surface area contributed by atoms with Crippen LogP contribution in [0.4, 0.5) is 17.6 Å². The highest BCUT2D eigenvalue weighted by molar-refractivity contribution is 5.97. The van der Waals surface area contributed by atoms with Crippen LogP contribution in [0.25, 0.3) is 11.1 Å². The maximum atomic E-state index is 14.3. The van der Waals surface area contributed by atoms with Crippen molar-refractivity contribution in [3.05, 3.63) is 82.4 Å². The van der Waals surface area contributed by atoms with Crippen LogP contribution in [-0.4, -0.2) is 37.7 Å². The molecule has 6 nitrogen and oxygen atoms in total. The third-order valence-corrected chi connectivity index (χ3v) is 6.71. The summed E-state index contributed by atoms with van der Waals surface area (Å²) in [4.78, 5) is 25.3. The Morgan fingerprint density at radius 2 is 1.72 bits per heavy atom. The van der Waals surface area contributed by atoms with Crippen molar-refractivity contribution in [3.8, 4) is 22.6 Å². The van der Waals surface area contributed by atoms with E-state index in [-0.39, 0.29) is 18.3 Å². The SMILES string of the molecule is COC(=O)[C@H](Cc1ccc(-c2cc(F)c(F)cc2OC2CC2)c2c1CCCO2)NC(=O)c1c(F)cccc1F. The molecule has 1 atom stereocenters. The van der Waals surface area contributed by atoms with E-state index in [9.17, 15) is 27.2 Å². The molecular weight excluding hydrogens is 518 g/mol. The Balaban J connectivity index is 1.50. The fourth-order valence-corrected chi connectivity index (χ4v) is 4.64. The van der Waals surface area contributed by atoms with Gasteiger partial charge in [-0.05, 0) is 55.0 Å². The van der Waals surface area contributed by atoms with Crippen LogP contribution in [0, 0.1) is 23.3 Å². The van der Waals surface area contributed by atoms with Crippen LogP contribution in [0.2, 0.25) is 0 Å². The summed E-state index contributed by atoms with van der Waals surface area (Å²) in [5, 5.41) is 2.37. The first-order chi connectivity index (χ1) is 18.8. The van der Waals surface area contributed by atoms with Crippen molar-refractivity contribution in [1.29, 1.82) is 0 Å². The molecule has 0 unspecified atom stereocenters. The standard InChI is InChI=1S/C29H25F4NO5/c1-37-29(36)24(34-28(35)26-20(30)5-2-6-21(26)31)12-15-7-10-18(27-17(15)4-3-11-38-27)19-13-22(32)23(33)14-25(19)39-16-8-9-16/h2,5-7,10,13-14,16,24H,3-4,8-9,11-12H2,1H3,(H,34,35)/t24-/m0/s1. The lowest BCUT2D eigenvalue weighted by atomic mass is 9.90. The number of rotatable bonds is 8. The molecule has 0 saturated heterocycles. The van der Waals surface area contributed by atoms with Gasteiger partial charge in [0.25, 0.3) is 5.91 Å². The summed E-state index contributed by atoms with van der Waals surface area (Å²) in [7, 11) is 1.14. The maximum absolute atomic E-state index is 14.3. The molecule has 0 bridgehead atoms. The largest absolute Gasteiger partial charge is 0.493 e. The van der Waals surface area contributed by atoms with Crippen LogP contribution in [-0.2, 0) is 22.4 Å². The number of halogens is 4. The zero-order valence-electron chi connectivity index (χ0n) is 21.0. The third kappa shape index (κ3) is 5.55. The van der Waals surface area contributed by atoms with Crippen molar-refractivity contribution in [2.75, 3.05) is 13.7 Å². The molecule has 3 aromatic carbocycles. The Labute approximate surface area is 221 Å². The highest BCUT2D eigenvalue weighted by Crippen LogP contribution is 2.44. The zero-order chi connectivity index (χ0) is 27.7. The van der Waals surface area contributed by atoms with Gasteiger partial charge in [-0.1, -0.05) is 18.2 Å². The Morgan fingerprint density at radius 1 is 1.00 bits per heavy atom. The number of hydrogen-bond donors (Lipinski definition) is 1. The number of fused-ring (bicyclic) bond motifs is 1. The minimum Gasteiger partial charge on any atom is -0.493 e. The highest BCUT2D eigenvalue weighted by Gasteiger charge is 2.30. The number of carbonyl (C=O) groups excluding carboxylic acids is 2. The maximum Gasteiger partial charge on any atom is 0.328 e. The van der Waals surface area contributed by atoms with Crippen LogP contribution in [0.3, 0.4) is 0 Å². The van der Waals surface area contributed by atoms with Gasteiger partial charge in [-0.3, -0.25) is 4.79 Å². The molecule has 39 heavy (non-hydrogen) atoms. The number of benzene rings is 3. The number of hydrogen-bond acceptors (Lipinski definition) is 5. The summed E-state index contributed by atoms with van der Waals surface area (Å²) in [6.07, 6.45) is 2.72. The molecule has 0 aromatic heterocycles. The predicted molar refractivity (Wildman–Crippen MR) is 133 cm³/mol. The molecule has 2 aliphatic rings. The van der Waals surface area contributed by atoms with Gasteiger partial charge in [0, 0.05) is 23.6 Å². The van der Waals surface area contributed by atoms with Crippen LogP contribution in [0.15, 0.2) is 42.5 Å². The lowest BCUT2D eigenvalue weighted by Gasteiger charge is -2.26. The van der Waals surface area contributed by atoms with E-state index >= 15 is 0 Å². The Bertz CT molecular complexity index is 1420. The number of nitrogens with one attached hydrogen (secondary N) is 1. The number of amides is 1. The number of esters is 1. The molecule has 1 saturated carbocycles. The molecular formula is C29H25F4NO5. The number of carbonyl (C=O) groups is 2. The van der Waals surface area contributed by atoms with Crippen molar-refractivity contribution in [1.82, 2.24) is 5.32 Å². The second-order valence-corrected chi connectivity index (χ2v) is 9.46. The summed E-state index contributed by atoms with van der Waals surface area (Å²) in [5.41, 5.74) is 1.34. The zero-order valence-corrected chi connectivity index (χ0v) is 21.0. The Kier molecular flexibility index (Phi) is 7.45. The molecule has 1 N–H and O–H groups in total. The van der Waals surface area contributed by atoms with Crippen LogP contribution in [0.1, 0.15) is 40.7 Å². The van der Waals surface area contributed by atoms with Gasteiger partial charge in [-0.2, -0.15) is 0 Å². The summed E-state index contributed by atoms with van der Waals surface area (Å²) in [6, 6.07) is 7.18. The first-order valence-electron chi connectivity index (χ1n) is 12.5. The van der Waals surface area contributed by atoms with Crippen molar-refractivity contribution in [3.63, 3.8) is 0 Å². The topological polar surface area (TPSA) is 73.9 Å². The number of methoxy groups -OCH3 is 1. The second kappa shape index (κ2) is 11.0. The average molecular weight is 544 g/mol. The van der Waals surface area contributed by atoms with E-state index < -0.39 is 46.8 Å². The number of ether oxygens (including phenoxy) is 3. The molecule has 10 heteroatoms. The molecule has 5 rings (SSSR count). The second-order valence-electron chi connectivity index (χ2n) is 9.46. The third-order valence-electron chi connectivity index (χ3n) is 6.71. The van der Waals surface area contributed by atoms with E-state index in [0.717, 1.165) is 50.3 Å². The van der Waals surface area contributed by atoms with Crippen LogP contribution < -0.4 is 14.8 Å². The molecule has 1 amide bonds. The Morgan fingerprint density at radius 3 is 2.41 bits per heavy atom. The molecule has 0 radical (unpaired) electrons. The van der Waals surface area contributed by atoms with Gasteiger partial charge < -0.3 is 19.5 Å². The van der Waals surface area contributed by atoms with E-state index in [1.165, 1.54) is 0 Å². The van der Waals surface area contributed by atoms with Gasteiger partial charge in [0.05, 0.1) is 19.8 Å². The van der Waals surface area contributed by atoms with Crippen molar-refractivity contribution >= 4 is 11.9 Å². The van der Waals surface area contributed by atoms with Crippen molar-refractivity contribution in [2.24, 2.45) is 0 Å². The van der Waals surface area contributed by atoms with E-state index in [1.54, 1.807) is 12.1 Å². The average Bonchev–Trinajstić information content (AvgIpc) is 3.74. The van der Waals surface area contributed by atoms with E-state index in [0.29, 0.717) is 47.5 Å². The van der Waals surface area contributed by atoms with Gasteiger partial charge in [0.2, 0.25) is 0 Å². The van der Waals surface area contributed by atoms with Crippen molar-refractivity contribution < 1.29 is 41.4 Å². The Hall–Kier alpha value is -4.08. The van der Waals surface area contributed by atoms with E-state index in [4.69, 9.17) is 14.2 Å². The van der Waals surface area contributed by atoms with Gasteiger partial charge in [-0.15, -0.1) is 0 Å². The highest BCUT2D eigenvalue weighted by atomic mass is 19.2. The van der Waals surface area contributed by atoms with Gasteiger partial charge >= 0.3 is 5.97 Å². The molecule has 1 heterocycles. The molecule has 1 aliphatic heterocycles. The minimum atomic E-state index is -1.27. The molecule has 0 spiro atoms. The molecule has 3 aromatic rings. The first-order valence-corrected chi connectivity index (χ1v) is 12.5. The first kappa shape index (κ1) is 26.5. The molecule has 204 valence electrons. The van der Waals surface area contributed by atoms with Gasteiger partial charge in [-0.25, -0.2) is 22.4 Å². The van der Waals surface area contributed by atoms with Gasteiger partial charge in [0.15, 0.2) is 11.6 Å². The fourth-order valence-electron chi connectivity index (χ4n) is 4.64.